The molecule has 230 valence electrons. The van der Waals surface area contributed by atoms with Gasteiger partial charge >= 0.3 is 0 Å². The highest BCUT2D eigenvalue weighted by molar-refractivity contribution is 6.21. The standard InChI is InChI=1S/C48H33N/c1-5-15-35(16-6-1)45-31-32-46(36-17-7-2-8-18-36)49(45)40-28-25-34(26-29-40)39-27-30-43-44(33-39)48(38-21-11-4-12-22-38)42-24-14-13-23-41(42)47(43)37-19-9-3-10-20-37/h1-33H. The van der Waals surface area contributed by atoms with E-state index in [4.69, 9.17) is 0 Å². The molecule has 0 spiro atoms. The van der Waals surface area contributed by atoms with Gasteiger partial charge in [-0.05, 0) is 96.4 Å². The molecule has 1 nitrogen and oxygen atoms in total. The fraction of sp³-hybridized carbons (Fsp3) is 0. The van der Waals surface area contributed by atoms with Crippen LogP contribution in [0, 0.1) is 0 Å². The Morgan fingerprint density at radius 2 is 0.633 bits per heavy atom. The molecular formula is C48H33N. The van der Waals surface area contributed by atoms with Gasteiger partial charge in [0.15, 0.2) is 0 Å². The van der Waals surface area contributed by atoms with E-state index in [1.54, 1.807) is 0 Å². The Morgan fingerprint density at radius 3 is 1.12 bits per heavy atom. The van der Waals surface area contributed by atoms with Crippen molar-refractivity contribution in [1.29, 1.82) is 0 Å². The predicted molar refractivity (Wildman–Crippen MR) is 208 cm³/mol. The normalized spacial score (nSPS) is 11.3. The lowest BCUT2D eigenvalue weighted by molar-refractivity contribution is 1.10. The maximum Gasteiger partial charge on any atom is 0.0535 e. The number of benzene rings is 8. The number of aromatic nitrogens is 1. The van der Waals surface area contributed by atoms with Gasteiger partial charge in [-0.2, -0.15) is 0 Å². The molecule has 0 radical (unpaired) electrons. The Morgan fingerprint density at radius 1 is 0.245 bits per heavy atom. The lowest BCUT2D eigenvalue weighted by atomic mass is 9.85. The Kier molecular flexibility index (Phi) is 7.22. The van der Waals surface area contributed by atoms with Gasteiger partial charge < -0.3 is 4.57 Å². The maximum atomic E-state index is 2.39. The minimum absolute atomic E-state index is 1.13. The van der Waals surface area contributed by atoms with Crippen LogP contribution >= 0.6 is 0 Å². The smallest absolute Gasteiger partial charge is 0.0535 e. The zero-order valence-corrected chi connectivity index (χ0v) is 27.0. The molecule has 0 unspecified atom stereocenters. The van der Waals surface area contributed by atoms with E-state index in [9.17, 15) is 0 Å². The first-order chi connectivity index (χ1) is 24.3. The van der Waals surface area contributed by atoms with Gasteiger partial charge in [-0.25, -0.2) is 0 Å². The van der Waals surface area contributed by atoms with Crippen molar-refractivity contribution >= 4 is 21.5 Å². The van der Waals surface area contributed by atoms with Gasteiger partial charge in [0, 0.05) is 5.69 Å². The van der Waals surface area contributed by atoms with Gasteiger partial charge in [0.05, 0.1) is 11.4 Å². The van der Waals surface area contributed by atoms with Gasteiger partial charge in [0.2, 0.25) is 0 Å². The van der Waals surface area contributed by atoms with Crippen LogP contribution < -0.4 is 0 Å². The summed E-state index contributed by atoms with van der Waals surface area (Å²) >= 11 is 0. The largest absolute Gasteiger partial charge is 0.309 e. The van der Waals surface area contributed by atoms with Gasteiger partial charge in [-0.3, -0.25) is 0 Å². The molecule has 0 amide bonds. The number of nitrogens with zero attached hydrogens (tertiary/aromatic N) is 1. The quantitative estimate of drug-likeness (QED) is 0.162. The summed E-state index contributed by atoms with van der Waals surface area (Å²) in [6.45, 7) is 0. The van der Waals surface area contributed by atoms with Gasteiger partial charge in [0.1, 0.15) is 0 Å². The van der Waals surface area contributed by atoms with Crippen molar-refractivity contribution in [2.24, 2.45) is 0 Å². The Balaban J connectivity index is 1.23. The number of rotatable bonds is 6. The molecule has 0 saturated carbocycles. The zero-order chi connectivity index (χ0) is 32.6. The van der Waals surface area contributed by atoms with Crippen molar-refractivity contribution in [3.05, 3.63) is 200 Å². The molecule has 0 aliphatic heterocycles. The van der Waals surface area contributed by atoms with Crippen LogP contribution in [0.25, 0.3) is 83.1 Å². The summed E-state index contributed by atoms with van der Waals surface area (Å²) in [7, 11) is 0. The average molecular weight is 624 g/mol. The van der Waals surface area contributed by atoms with Crippen LogP contribution in [0.15, 0.2) is 200 Å². The monoisotopic (exact) mass is 623 g/mol. The summed E-state index contributed by atoms with van der Waals surface area (Å²) in [5.74, 6) is 0. The van der Waals surface area contributed by atoms with E-state index >= 15 is 0 Å². The highest BCUT2D eigenvalue weighted by Crippen LogP contribution is 2.45. The molecule has 0 saturated heterocycles. The van der Waals surface area contributed by atoms with Crippen LogP contribution in [-0.2, 0) is 0 Å². The average Bonchev–Trinajstić information content (AvgIpc) is 3.64. The zero-order valence-electron chi connectivity index (χ0n) is 27.0. The molecule has 0 bridgehead atoms. The number of hydrogen-bond donors (Lipinski definition) is 0. The van der Waals surface area contributed by atoms with Gasteiger partial charge in [0.25, 0.3) is 0 Å². The second-order valence-electron chi connectivity index (χ2n) is 12.5. The van der Waals surface area contributed by atoms with E-state index in [0.717, 1.165) is 5.69 Å². The fourth-order valence-electron chi connectivity index (χ4n) is 7.38. The summed E-state index contributed by atoms with van der Waals surface area (Å²) in [5.41, 5.74) is 13.3. The molecule has 1 heteroatoms. The van der Waals surface area contributed by atoms with Crippen LogP contribution in [-0.4, -0.2) is 4.57 Å². The first kappa shape index (κ1) is 28.8. The number of fused-ring (bicyclic) bond motifs is 2. The van der Waals surface area contributed by atoms with E-state index < -0.39 is 0 Å². The molecule has 0 N–H and O–H groups in total. The third-order valence-electron chi connectivity index (χ3n) is 9.63. The fourth-order valence-corrected chi connectivity index (χ4v) is 7.38. The second-order valence-corrected chi connectivity index (χ2v) is 12.5. The minimum Gasteiger partial charge on any atom is -0.309 e. The summed E-state index contributed by atoms with van der Waals surface area (Å²) in [5, 5.41) is 5.05. The molecule has 0 aliphatic rings. The SMILES string of the molecule is c1ccc(-c2c3ccccc3c(-c3ccccc3)c3cc(-c4ccc(-n5c(-c6ccccc6)ccc5-c5ccccc5)cc4)ccc23)cc1. The predicted octanol–water partition coefficient (Wildman–Crippen LogP) is 13.1. The second kappa shape index (κ2) is 12.3. The summed E-state index contributed by atoms with van der Waals surface area (Å²) in [6.07, 6.45) is 0. The van der Waals surface area contributed by atoms with Crippen LogP contribution in [0.4, 0.5) is 0 Å². The van der Waals surface area contributed by atoms with Crippen molar-refractivity contribution in [3.8, 4) is 61.6 Å². The molecule has 49 heavy (non-hydrogen) atoms. The van der Waals surface area contributed by atoms with Crippen LogP contribution in [0.3, 0.4) is 0 Å². The molecule has 9 aromatic rings. The van der Waals surface area contributed by atoms with Crippen LogP contribution in [0.2, 0.25) is 0 Å². The molecule has 0 fully saturated rings. The van der Waals surface area contributed by atoms with Crippen molar-refractivity contribution in [2.45, 2.75) is 0 Å². The first-order valence-electron chi connectivity index (χ1n) is 16.9. The van der Waals surface area contributed by atoms with E-state index in [0.29, 0.717) is 0 Å². The van der Waals surface area contributed by atoms with E-state index in [2.05, 4.69) is 205 Å². The number of hydrogen-bond acceptors (Lipinski definition) is 0. The third kappa shape index (κ3) is 5.13. The highest BCUT2D eigenvalue weighted by atomic mass is 15.0. The summed E-state index contributed by atoms with van der Waals surface area (Å²) in [6, 6.07) is 72.3. The van der Waals surface area contributed by atoms with E-state index in [1.807, 2.05) is 0 Å². The van der Waals surface area contributed by atoms with Gasteiger partial charge in [-0.15, -0.1) is 0 Å². The maximum absolute atomic E-state index is 2.39. The molecular weight excluding hydrogens is 591 g/mol. The summed E-state index contributed by atoms with van der Waals surface area (Å²) < 4.78 is 2.38. The van der Waals surface area contributed by atoms with Crippen LogP contribution in [0.5, 0.6) is 0 Å². The molecule has 8 aromatic carbocycles. The molecule has 9 rings (SSSR count). The lowest BCUT2D eigenvalue weighted by Gasteiger charge is -2.19. The van der Waals surface area contributed by atoms with E-state index in [1.165, 1.54) is 77.4 Å². The van der Waals surface area contributed by atoms with Gasteiger partial charge in [-0.1, -0.05) is 170 Å². The molecule has 0 atom stereocenters. The Labute approximate surface area is 287 Å². The topological polar surface area (TPSA) is 4.93 Å². The Hall–Kier alpha value is -6.44. The van der Waals surface area contributed by atoms with Crippen molar-refractivity contribution in [3.63, 3.8) is 0 Å². The highest BCUT2D eigenvalue weighted by Gasteiger charge is 2.18. The first-order valence-corrected chi connectivity index (χ1v) is 16.9. The van der Waals surface area contributed by atoms with Crippen molar-refractivity contribution in [1.82, 2.24) is 4.57 Å². The lowest BCUT2D eigenvalue weighted by Crippen LogP contribution is -1.99. The molecule has 1 aromatic heterocycles. The summed E-state index contributed by atoms with van der Waals surface area (Å²) in [4.78, 5) is 0. The van der Waals surface area contributed by atoms with Crippen molar-refractivity contribution < 1.29 is 0 Å². The van der Waals surface area contributed by atoms with E-state index in [-0.39, 0.29) is 0 Å². The van der Waals surface area contributed by atoms with Crippen LogP contribution in [0.1, 0.15) is 0 Å². The third-order valence-corrected chi connectivity index (χ3v) is 9.63. The van der Waals surface area contributed by atoms with Crippen molar-refractivity contribution in [2.75, 3.05) is 0 Å². The minimum atomic E-state index is 1.13. The Bertz CT molecular complexity index is 2490. The molecule has 1 heterocycles. The molecule has 0 aliphatic carbocycles.